The van der Waals surface area contributed by atoms with Crippen LogP contribution in [0.25, 0.3) is 0 Å². The summed E-state index contributed by atoms with van der Waals surface area (Å²) < 4.78 is 5.46. The Balaban J connectivity index is 1.47. The van der Waals surface area contributed by atoms with Crippen LogP contribution in [0.15, 0.2) is 83.5 Å². The van der Waals surface area contributed by atoms with E-state index in [-0.39, 0.29) is 5.91 Å². The molecule has 4 nitrogen and oxygen atoms in total. The lowest BCUT2D eigenvalue weighted by Gasteiger charge is -2.21. The number of carbonyl (C=O) groups excluding carboxylic acids is 1. The van der Waals surface area contributed by atoms with Gasteiger partial charge in [0.25, 0.3) is 0 Å². The first-order valence-corrected chi connectivity index (χ1v) is 9.39. The molecule has 3 aromatic rings. The van der Waals surface area contributed by atoms with Crippen molar-refractivity contribution in [3.63, 3.8) is 0 Å². The van der Waals surface area contributed by atoms with Gasteiger partial charge >= 0.3 is 0 Å². The van der Waals surface area contributed by atoms with E-state index in [1.54, 1.807) is 6.26 Å². The Bertz CT molecular complexity index is 786. The number of benzene rings is 2. The van der Waals surface area contributed by atoms with Crippen LogP contribution in [0.4, 0.5) is 0 Å². The number of carbonyl (C=O) groups is 1. The first-order chi connectivity index (χ1) is 13.3. The van der Waals surface area contributed by atoms with Gasteiger partial charge in [0.1, 0.15) is 5.76 Å². The van der Waals surface area contributed by atoms with Gasteiger partial charge in [-0.2, -0.15) is 0 Å². The fourth-order valence-electron chi connectivity index (χ4n) is 3.06. The van der Waals surface area contributed by atoms with E-state index in [2.05, 4.69) is 34.5 Å². The summed E-state index contributed by atoms with van der Waals surface area (Å²) in [6.07, 6.45) is 3.58. The highest BCUT2D eigenvalue weighted by molar-refractivity contribution is 5.77. The molecule has 0 spiro atoms. The molecule has 140 valence electrons. The van der Waals surface area contributed by atoms with Crippen molar-refractivity contribution in [3.8, 4) is 0 Å². The molecule has 1 aromatic heterocycles. The lowest BCUT2D eigenvalue weighted by atomic mass is 10.1. The topological polar surface area (TPSA) is 45.5 Å². The van der Waals surface area contributed by atoms with Gasteiger partial charge in [-0.25, -0.2) is 0 Å². The van der Waals surface area contributed by atoms with Crippen molar-refractivity contribution in [3.05, 3.63) is 95.9 Å². The Kier molecular flexibility index (Phi) is 7.25. The average molecular weight is 362 g/mol. The van der Waals surface area contributed by atoms with Crippen molar-refractivity contribution >= 4 is 5.91 Å². The summed E-state index contributed by atoms with van der Waals surface area (Å²) in [7, 11) is 0. The monoisotopic (exact) mass is 362 g/mol. The van der Waals surface area contributed by atoms with Crippen LogP contribution in [0.1, 0.15) is 23.3 Å². The molecule has 3 rings (SSSR count). The number of nitrogens with one attached hydrogen (secondary N) is 1. The minimum Gasteiger partial charge on any atom is -0.468 e. The van der Waals surface area contributed by atoms with Crippen LogP contribution in [0.2, 0.25) is 0 Å². The molecule has 0 unspecified atom stereocenters. The minimum atomic E-state index is 0.0468. The minimum absolute atomic E-state index is 0.0468. The van der Waals surface area contributed by atoms with Crippen molar-refractivity contribution in [2.24, 2.45) is 0 Å². The van der Waals surface area contributed by atoms with Gasteiger partial charge in [0.05, 0.1) is 19.4 Å². The van der Waals surface area contributed by atoms with Gasteiger partial charge in [-0.3, -0.25) is 9.69 Å². The summed E-state index contributed by atoms with van der Waals surface area (Å²) in [4.78, 5) is 14.5. The Labute approximate surface area is 160 Å². The maximum atomic E-state index is 12.4. The molecule has 4 heteroatoms. The molecule has 0 aliphatic heterocycles. The summed E-state index contributed by atoms with van der Waals surface area (Å²) in [5.74, 6) is 0.911. The van der Waals surface area contributed by atoms with Crippen LogP contribution in [0, 0.1) is 0 Å². The van der Waals surface area contributed by atoms with Crippen LogP contribution in [0.3, 0.4) is 0 Å². The summed E-state index contributed by atoms with van der Waals surface area (Å²) in [6.45, 7) is 2.35. The second-order valence-corrected chi connectivity index (χ2v) is 6.65. The fraction of sp³-hybridized carbons (Fsp3) is 0.261. The van der Waals surface area contributed by atoms with Gasteiger partial charge in [0, 0.05) is 13.1 Å². The third-order valence-electron chi connectivity index (χ3n) is 4.38. The highest BCUT2D eigenvalue weighted by atomic mass is 16.3. The average Bonchev–Trinajstić information content (AvgIpc) is 3.20. The molecule has 0 saturated heterocycles. The maximum absolute atomic E-state index is 12.4. The van der Waals surface area contributed by atoms with Crippen molar-refractivity contribution < 1.29 is 9.21 Å². The third kappa shape index (κ3) is 6.76. The predicted octanol–water partition coefficient (Wildman–Crippen LogP) is 4.03. The number of hydrogen-bond acceptors (Lipinski definition) is 3. The molecular formula is C23H26N2O2. The zero-order valence-corrected chi connectivity index (χ0v) is 15.5. The number of furan rings is 1. The normalized spacial score (nSPS) is 10.9. The number of aryl methyl sites for hydroxylation is 1. The first-order valence-electron chi connectivity index (χ1n) is 9.39. The van der Waals surface area contributed by atoms with Gasteiger partial charge in [-0.1, -0.05) is 60.7 Å². The highest BCUT2D eigenvalue weighted by Crippen LogP contribution is 2.10. The van der Waals surface area contributed by atoms with Crippen molar-refractivity contribution in [1.82, 2.24) is 10.2 Å². The van der Waals surface area contributed by atoms with E-state index in [1.165, 1.54) is 11.1 Å². The molecule has 1 amide bonds. The lowest BCUT2D eigenvalue weighted by molar-refractivity contribution is -0.122. The van der Waals surface area contributed by atoms with E-state index in [0.29, 0.717) is 26.2 Å². The molecular weight excluding hydrogens is 336 g/mol. The van der Waals surface area contributed by atoms with E-state index in [1.807, 2.05) is 48.5 Å². The van der Waals surface area contributed by atoms with E-state index in [4.69, 9.17) is 4.42 Å². The number of amides is 1. The summed E-state index contributed by atoms with van der Waals surface area (Å²) >= 11 is 0. The van der Waals surface area contributed by atoms with E-state index < -0.39 is 0 Å². The van der Waals surface area contributed by atoms with Crippen LogP contribution in [-0.4, -0.2) is 23.9 Å². The molecule has 0 bridgehead atoms. The molecule has 0 radical (unpaired) electrons. The Hall–Kier alpha value is -2.85. The standard InChI is InChI=1S/C23H26N2O2/c26-23(24-15-7-13-20-9-3-1-4-10-20)19-25(18-22-14-8-16-27-22)17-21-11-5-2-6-12-21/h1-6,8-12,14,16H,7,13,15,17-19H2,(H,24,26). The first kappa shape index (κ1) is 18.9. The Morgan fingerprint density at radius 1 is 0.852 bits per heavy atom. The quantitative estimate of drug-likeness (QED) is 0.554. The smallest absolute Gasteiger partial charge is 0.234 e. The second kappa shape index (κ2) is 10.3. The number of hydrogen-bond donors (Lipinski definition) is 1. The van der Waals surface area contributed by atoms with Crippen molar-refractivity contribution in [1.29, 1.82) is 0 Å². The van der Waals surface area contributed by atoms with Gasteiger partial charge in [0.15, 0.2) is 0 Å². The summed E-state index contributed by atoms with van der Waals surface area (Å²) in [6, 6.07) is 24.3. The molecule has 27 heavy (non-hydrogen) atoms. The summed E-state index contributed by atoms with van der Waals surface area (Å²) in [5, 5.41) is 3.04. The maximum Gasteiger partial charge on any atom is 0.234 e. The third-order valence-corrected chi connectivity index (χ3v) is 4.38. The van der Waals surface area contributed by atoms with Gasteiger partial charge in [-0.05, 0) is 36.1 Å². The van der Waals surface area contributed by atoms with Gasteiger partial charge in [0.2, 0.25) is 5.91 Å². The molecule has 0 fully saturated rings. The van der Waals surface area contributed by atoms with Gasteiger partial charge < -0.3 is 9.73 Å². The SMILES string of the molecule is O=C(CN(Cc1ccccc1)Cc1ccco1)NCCCc1ccccc1. The second-order valence-electron chi connectivity index (χ2n) is 6.65. The summed E-state index contributed by atoms with van der Waals surface area (Å²) in [5.41, 5.74) is 2.48. The highest BCUT2D eigenvalue weighted by Gasteiger charge is 2.13. The molecule has 2 aromatic carbocycles. The zero-order valence-electron chi connectivity index (χ0n) is 15.5. The Morgan fingerprint density at radius 3 is 2.22 bits per heavy atom. The predicted molar refractivity (Wildman–Crippen MR) is 107 cm³/mol. The number of nitrogens with zero attached hydrogens (tertiary/aromatic N) is 1. The molecule has 0 atom stereocenters. The largest absolute Gasteiger partial charge is 0.468 e. The van der Waals surface area contributed by atoms with Crippen LogP contribution < -0.4 is 5.32 Å². The molecule has 0 saturated carbocycles. The number of rotatable bonds is 10. The zero-order chi connectivity index (χ0) is 18.7. The molecule has 1 heterocycles. The van der Waals surface area contributed by atoms with E-state index >= 15 is 0 Å². The molecule has 0 aliphatic carbocycles. The Morgan fingerprint density at radius 2 is 1.56 bits per heavy atom. The van der Waals surface area contributed by atoms with Crippen molar-refractivity contribution in [2.75, 3.05) is 13.1 Å². The van der Waals surface area contributed by atoms with Crippen LogP contribution in [0.5, 0.6) is 0 Å². The van der Waals surface area contributed by atoms with Crippen LogP contribution in [-0.2, 0) is 24.3 Å². The van der Waals surface area contributed by atoms with E-state index in [0.717, 1.165) is 18.6 Å². The van der Waals surface area contributed by atoms with E-state index in [9.17, 15) is 4.79 Å². The molecule has 0 aliphatic rings. The van der Waals surface area contributed by atoms with Gasteiger partial charge in [-0.15, -0.1) is 0 Å². The van der Waals surface area contributed by atoms with Crippen LogP contribution >= 0.6 is 0 Å². The lowest BCUT2D eigenvalue weighted by Crippen LogP contribution is -2.37. The van der Waals surface area contributed by atoms with Crippen molar-refractivity contribution in [2.45, 2.75) is 25.9 Å². The molecule has 1 N–H and O–H groups in total. The fourth-order valence-corrected chi connectivity index (χ4v) is 3.06.